The highest BCUT2D eigenvalue weighted by molar-refractivity contribution is 5.99. The Bertz CT molecular complexity index is 1040. The number of amides is 1. The number of nitrogens with zero attached hydrogens (tertiary/aromatic N) is 1. The van der Waals surface area contributed by atoms with Gasteiger partial charge in [0.2, 0.25) is 5.91 Å². The Labute approximate surface area is 175 Å². The second-order valence-corrected chi connectivity index (χ2v) is 7.10. The summed E-state index contributed by atoms with van der Waals surface area (Å²) in [6.45, 7) is 5.56. The minimum absolute atomic E-state index is 0.117. The first-order valence-electron chi connectivity index (χ1n) is 9.64. The highest BCUT2D eigenvalue weighted by Gasteiger charge is 2.13. The Hall–Kier alpha value is -3.67. The number of Topliss-reactive ketones (excluding diaryl/α,β-unsaturated/α-hetero) is 1. The Kier molecular flexibility index (Phi) is 6.47. The summed E-state index contributed by atoms with van der Waals surface area (Å²) >= 11 is 0. The number of ether oxygens (including phenoxy) is 1. The second-order valence-electron chi connectivity index (χ2n) is 7.10. The first-order chi connectivity index (χ1) is 14.3. The average molecular weight is 404 g/mol. The zero-order chi connectivity index (χ0) is 21.7. The number of aromatic nitrogens is 1. The van der Waals surface area contributed by atoms with Crippen molar-refractivity contribution in [2.75, 3.05) is 6.61 Å². The molecule has 0 aliphatic carbocycles. The van der Waals surface area contributed by atoms with Crippen molar-refractivity contribution >= 4 is 17.7 Å². The van der Waals surface area contributed by atoms with Crippen LogP contribution in [0.1, 0.15) is 44.6 Å². The van der Waals surface area contributed by atoms with Crippen molar-refractivity contribution in [3.05, 3.63) is 88.7 Å². The maximum atomic E-state index is 12.3. The summed E-state index contributed by atoms with van der Waals surface area (Å²) in [5.74, 6) is -0.948. The molecule has 0 fully saturated rings. The third-order valence-electron chi connectivity index (χ3n) is 4.78. The maximum absolute atomic E-state index is 12.3. The van der Waals surface area contributed by atoms with Crippen molar-refractivity contribution in [3.8, 4) is 5.69 Å². The highest BCUT2D eigenvalue weighted by Crippen LogP contribution is 2.17. The highest BCUT2D eigenvalue weighted by atomic mass is 16.5. The van der Waals surface area contributed by atoms with Crippen LogP contribution in [0.4, 0.5) is 0 Å². The summed E-state index contributed by atoms with van der Waals surface area (Å²) in [4.78, 5) is 35.5. The van der Waals surface area contributed by atoms with E-state index in [1.165, 1.54) is 6.92 Å². The summed E-state index contributed by atoms with van der Waals surface area (Å²) < 4.78 is 7.27. The third kappa shape index (κ3) is 5.03. The topological polar surface area (TPSA) is 77.4 Å². The van der Waals surface area contributed by atoms with Crippen LogP contribution in [0.3, 0.4) is 0 Å². The summed E-state index contributed by atoms with van der Waals surface area (Å²) in [6, 6.07) is 18.0. The molecule has 3 aromatic rings. The number of rotatable bonds is 7. The van der Waals surface area contributed by atoms with E-state index in [2.05, 4.69) is 9.88 Å². The van der Waals surface area contributed by atoms with Gasteiger partial charge < -0.3 is 14.6 Å². The van der Waals surface area contributed by atoms with Crippen LogP contribution in [-0.2, 0) is 16.1 Å². The Morgan fingerprint density at radius 3 is 1.97 bits per heavy atom. The molecule has 1 N–H and O–H groups in total. The molecule has 0 aliphatic heterocycles. The molecule has 2 aromatic carbocycles. The number of benzene rings is 2. The predicted octanol–water partition coefficient (Wildman–Crippen LogP) is 3.77. The lowest BCUT2D eigenvalue weighted by atomic mass is 10.1. The number of nitrogens with one attached hydrogen (secondary N) is 1. The van der Waals surface area contributed by atoms with Gasteiger partial charge in [-0.2, -0.15) is 0 Å². The van der Waals surface area contributed by atoms with Crippen LogP contribution in [0, 0.1) is 13.8 Å². The Morgan fingerprint density at radius 2 is 1.40 bits per heavy atom. The van der Waals surface area contributed by atoms with Crippen molar-refractivity contribution in [2.24, 2.45) is 0 Å². The first-order valence-corrected chi connectivity index (χ1v) is 9.64. The molecule has 0 aliphatic rings. The van der Waals surface area contributed by atoms with Gasteiger partial charge in [0.25, 0.3) is 0 Å². The second kappa shape index (κ2) is 9.22. The van der Waals surface area contributed by atoms with Gasteiger partial charge in [0.1, 0.15) is 0 Å². The standard InChI is InChI=1S/C24H24N2O4/c1-16-4-5-17(2)26(16)22-12-10-21(11-13-22)24(29)30-15-23(28)20-8-6-19(7-9-20)14-25-18(3)27/h4-13H,14-15H2,1-3H3,(H,25,27). The lowest BCUT2D eigenvalue weighted by Gasteiger charge is -2.10. The van der Waals surface area contributed by atoms with Crippen molar-refractivity contribution in [1.82, 2.24) is 9.88 Å². The van der Waals surface area contributed by atoms with Crippen LogP contribution >= 0.6 is 0 Å². The molecule has 0 radical (unpaired) electrons. The van der Waals surface area contributed by atoms with Gasteiger partial charge in [-0.05, 0) is 55.8 Å². The van der Waals surface area contributed by atoms with Gasteiger partial charge in [-0.15, -0.1) is 0 Å². The van der Waals surface area contributed by atoms with Gasteiger partial charge >= 0.3 is 5.97 Å². The molecule has 0 spiro atoms. The van der Waals surface area contributed by atoms with Crippen LogP contribution in [0.2, 0.25) is 0 Å². The molecular weight excluding hydrogens is 380 g/mol. The number of esters is 1. The van der Waals surface area contributed by atoms with E-state index in [4.69, 9.17) is 4.74 Å². The van der Waals surface area contributed by atoms with E-state index in [-0.39, 0.29) is 18.3 Å². The lowest BCUT2D eigenvalue weighted by molar-refractivity contribution is -0.119. The zero-order valence-corrected chi connectivity index (χ0v) is 17.3. The van der Waals surface area contributed by atoms with E-state index in [9.17, 15) is 14.4 Å². The van der Waals surface area contributed by atoms with Crippen molar-refractivity contribution in [3.63, 3.8) is 0 Å². The molecule has 1 aromatic heterocycles. The molecular formula is C24H24N2O4. The molecule has 6 heteroatoms. The smallest absolute Gasteiger partial charge is 0.338 e. The number of hydrogen-bond donors (Lipinski definition) is 1. The molecule has 0 unspecified atom stereocenters. The first kappa shape index (κ1) is 21.0. The molecule has 6 nitrogen and oxygen atoms in total. The predicted molar refractivity (Wildman–Crippen MR) is 114 cm³/mol. The third-order valence-corrected chi connectivity index (χ3v) is 4.78. The molecule has 1 amide bonds. The van der Waals surface area contributed by atoms with E-state index in [0.717, 1.165) is 22.6 Å². The number of aryl methyl sites for hydroxylation is 2. The van der Waals surface area contributed by atoms with Crippen LogP contribution in [0.5, 0.6) is 0 Å². The molecule has 0 atom stereocenters. The molecule has 1 heterocycles. The van der Waals surface area contributed by atoms with Gasteiger partial charge in [-0.25, -0.2) is 4.79 Å². The number of ketones is 1. The number of carbonyl (C=O) groups excluding carboxylic acids is 3. The zero-order valence-electron chi connectivity index (χ0n) is 17.3. The van der Waals surface area contributed by atoms with Crippen LogP contribution in [0.15, 0.2) is 60.7 Å². The number of carbonyl (C=O) groups is 3. The molecule has 30 heavy (non-hydrogen) atoms. The fraction of sp³-hybridized carbons (Fsp3) is 0.208. The van der Waals surface area contributed by atoms with Gasteiger partial charge in [0, 0.05) is 36.1 Å². The van der Waals surface area contributed by atoms with Crippen LogP contribution in [0.25, 0.3) is 5.69 Å². The quantitative estimate of drug-likeness (QED) is 0.480. The molecule has 154 valence electrons. The van der Waals surface area contributed by atoms with Gasteiger partial charge in [-0.1, -0.05) is 24.3 Å². The molecule has 0 saturated carbocycles. The monoisotopic (exact) mass is 404 g/mol. The average Bonchev–Trinajstić information content (AvgIpc) is 3.08. The van der Waals surface area contributed by atoms with Crippen molar-refractivity contribution in [2.45, 2.75) is 27.3 Å². The largest absolute Gasteiger partial charge is 0.454 e. The van der Waals surface area contributed by atoms with Gasteiger partial charge in [-0.3, -0.25) is 9.59 Å². The minimum Gasteiger partial charge on any atom is -0.454 e. The Morgan fingerprint density at radius 1 is 0.833 bits per heavy atom. The summed E-state index contributed by atoms with van der Waals surface area (Å²) in [5, 5.41) is 2.69. The van der Waals surface area contributed by atoms with Crippen molar-refractivity contribution in [1.29, 1.82) is 0 Å². The maximum Gasteiger partial charge on any atom is 0.338 e. The summed E-state index contributed by atoms with van der Waals surface area (Å²) in [6.07, 6.45) is 0. The van der Waals surface area contributed by atoms with E-state index in [0.29, 0.717) is 17.7 Å². The SMILES string of the molecule is CC(=O)NCc1ccc(C(=O)COC(=O)c2ccc(-n3c(C)ccc3C)cc2)cc1. The molecule has 0 bridgehead atoms. The normalized spacial score (nSPS) is 10.5. The van der Waals surface area contributed by atoms with E-state index >= 15 is 0 Å². The fourth-order valence-corrected chi connectivity index (χ4v) is 3.16. The molecule has 3 rings (SSSR count). The minimum atomic E-state index is -0.543. The van der Waals surface area contributed by atoms with Crippen LogP contribution in [-0.4, -0.2) is 28.8 Å². The summed E-state index contributed by atoms with van der Waals surface area (Å²) in [5.41, 5.74) is 4.89. The van der Waals surface area contributed by atoms with Crippen molar-refractivity contribution < 1.29 is 19.1 Å². The van der Waals surface area contributed by atoms with Gasteiger partial charge in [0.05, 0.1) is 5.56 Å². The molecule has 0 saturated heterocycles. The van der Waals surface area contributed by atoms with E-state index in [1.807, 2.05) is 38.1 Å². The number of hydrogen-bond acceptors (Lipinski definition) is 4. The van der Waals surface area contributed by atoms with Crippen LogP contribution < -0.4 is 5.32 Å². The van der Waals surface area contributed by atoms with Gasteiger partial charge in [0.15, 0.2) is 12.4 Å². The Balaban J connectivity index is 1.57. The van der Waals surface area contributed by atoms with E-state index in [1.54, 1.807) is 36.4 Å². The summed E-state index contributed by atoms with van der Waals surface area (Å²) in [7, 11) is 0. The lowest BCUT2D eigenvalue weighted by Crippen LogP contribution is -2.19. The fourth-order valence-electron chi connectivity index (χ4n) is 3.16. The van der Waals surface area contributed by atoms with E-state index < -0.39 is 5.97 Å².